The molecule has 118 valence electrons. The van der Waals surface area contributed by atoms with Crippen LogP contribution in [0.25, 0.3) is 0 Å². The fourth-order valence-corrected chi connectivity index (χ4v) is 2.86. The number of nitrogens with zero attached hydrogens (tertiary/aromatic N) is 2. The van der Waals surface area contributed by atoms with Crippen LogP contribution in [0.1, 0.15) is 18.5 Å². The predicted molar refractivity (Wildman–Crippen MR) is 83.0 cm³/mol. The summed E-state index contributed by atoms with van der Waals surface area (Å²) in [4.78, 5) is 4.67. The Morgan fingerprint density at radius 3 is 2.62 bits per heavy atom. The summed E-state index contributed by atoms with van der Waals surface area (Å²) in [5.41, 5.74) is 1.01. The van der Waals surface area contributed by atoms with Crippen LogP contribution < -0.4 is 9.47 Å². The van der Waals surface area contributed by atoms with Crippen molar-refractivity contribution in [3.8, 4) is 11.5 Å². The fourth-order valence-electron chi connectivity index (χ4n) is 2.86. The molecule has 0 radical (unpaired) electrons. The molecule has 1 aromatic rings. The van der Waals surface area contributed by atoms with Crippen LogP contribution in [0.3, 0.4) is 0 Å². The smallest absolute Gasteiger partial charge is 0.127 e. The van der Waals surface area contributed by atoms with Crippen molar-refractivity contribution >= 4 is 0 Å². The average molecular weight is 294 g/mol. The molecule has 1 aliphatic rings. The topological polar surface area (TPSA) is 45.2 Å². The van der Waals surface area contributed by atoms with Gasteiger partial charge in [0.05, 0.1) is 26.9 Å². The van der Waals surface area contributed by atoms with Gasteiger partial charge in [-0.3, -0.25) is 4.90 Å². The van der Waals surface area contributed by atoms with Crippen molar-refractivity contribution in [1.29, 1.82) is 0 Å². The van der Waals surface area contributed by atoms with Crippen molar-refractivity contribution in [3.63, 3.8) is 0 Å². The van der Waals surface area contributed by atoms with Crippen LogP contribution in [0, 0.1) is 0 Å². The minimum Gasteiger partial charge on any atom is -0.497 e. The van der Waals surface area contributed by atoms with Gasteiger partial charge in [-0.25, -0.2) is 0 Å². The van der Waals surface area contributed by atoms with E-state index in [1.165, 1.54) is 0 Å². The second-order valence-electron chi connectivity index (χ2n) is 5.63. The molecule has 0 saturated carbocycles. The molecule has 1 N–H and O–H groups in total. The van der Waals surface area contributed by atoms with Gasteiger partial charge in [0.1, 0.15) is 11.5 Å². The van der Waals surface area contributed by atoms with Crippen LogP contribution in [0.15, 0.2) is 18.2 Å². The van der Waals surface area contributed by atoms with E-state index in [1.807, 2.05) is 18.2 Å². The maximum atomic E-state index is 9.89. The van der Waals surface area contributed by atoms with Crippen molar-refractivity contribution in [3.05, 3.63) is 23.8 Å². The number of ether oxygens (including phenoxy) is 2. The van der Waals surface area contributed by atoms with Gasteiger partial charge in [0.15, 0.2) is 0 Å². The normalized spacial score (nSPS) is 22.0. The molecule has 21 heavy (non-hydrogen) atoms. The maximum Gasteiger partial charge on any atom is 0.127 e. The highest BCUT2D eigenvalue weighted by molar-refractivity contribution is 5.42. The van der Waals surface area contributed by atoms with Crippen LogP contribution >= 0.6 is 0 Å². The molecular weight excluding hydrogens is 268 g/mol. The number of hydrogen-bond donors (Lipinski definition) is 1. The summed E-state index contributed by atoms with van der Waals surface area (Å²) in [5.74, 6) is 1.53. The van der Waals surface area contributed by atoms with Crippen molar-refractivity contribution in [2.75, 3.05) is 47.5 Å². The van der Waals surface area contributed by atoms with Crippen LogP contribution in [0.2, 0.25) is 0 Å². The maximum absolute atomic E-state index is 9.89. The van der Waals surface area contributed by atoms with Gasteiger partial charge in [-0.1, -0.05) is 0 Å². The number of aliphatic hydroxyl groups is 1. The number of aliphatic hydroxyl groups excluding tert-OH is 1. The summed E-state index contributed by atoms with van der Waals surface area (Å²) in [5, 5.41) is 9.89. The van der Waals surface area contributed by atoms with Gasteiger partial charge >= 0.3 is 0 Å². The molecule has 0 amide bonds. The van der Waals surface area contributed by atoms with Crippen molar-refractivity contribution in [2.45, 2.75) is 19.0 Å². The molecule has 1 aliphatic heterocycles. The minimum atomic E-state index is -0.0398. The van der Waals surface area contributed by atoms with Crippen LogP contribution in [0.5, 0.6) is 11.5 Å². The zero-order chi connectivity index (χ0) is 15.4. The minimum absolute atomic E-state index is 0.0398. The van der Waals surface area contributed by atoms with Gasteiger partial charge < -0.3 is 19.5 Å². The summed E-state index contributed by atoms with van der Waals surface area (Å²) < 4.78 is 10.7. The van der Waals surface area contributed by atoms with E-state index >= 15 is 0 Å². The first-order valence-corrected chi connectivity index (χ1v) is 7.37. The zero-order valence-corrected chi connectivity index (χ0v) is 13.4. The highest BCUT2D eigenvalue weighted by Crippen LogP contribution is 2.33. The third-order valence-electron chi connectivity index (χ3n) is 4.40. The summed E-state index contributed by atoms with van der Waals surface area (Å²) in [6.45, 7) is 5.19. The summed E-state index contributed by atoms with van der Waals surface area (Å²) in [7, 11) is 5.43. The van der Waals surface area contributed by atoms with E-state index in [9.17, 15) is 5.11 Å². The summed E-state index contributed by atoms with van der Waals surface area (Å²) in [6, 6.07) is 6.22. The van der Waals surface area contributed by atoms with E-state index in [4.69, 9.17) is 9.47 Å². The van der Waals surface area contributed by atoms with Crippen LogP contribution in [0.4, 0.5) is 0 Å². The van der Waals surface area contributed by atoms with Crippen molar-refractivity contribution < 1.29 is 14.6 Å². The standard InChI is InChI=1S/C16H26N2O3/c1-12-10-18(8-7-17(12)2)15(11-19)14-6-5-13(20-3)9-16(14)21-4/h5-6,9,12,15,19H,7-8,10-11H2,1-4H3. The number of rotatable bonds is 5. The van der Waals surface area contributed by atoms with Crippen LogP contribution in [-0.2, 0) is 0 Å². The molecule has 5 heteroatoms. The van der Waals surface area contributed by atoms with Gasteiger partial charge in [0.2, 0.25) is 0 Å². The second kappa shape index (κ2) is 7.11. The number of methoxy groups -OCH3 is 2. The van der Waals surface area contributed by atoms with E-state index in [0.29, 0.717) is 6.04 Å². The largest absolute Gasteiger partial charge is 0.497 e. The molecule has 0 aromatic heterocycles. The predicted octanol–water partition coefficient (Wildman–Crippen LogP) is 1.37. The molecule has 0 aliphatic carbocycles. The van der Waals surface area contributed by atoms with Gasteiger partial charge in [-0.2, -0.15) is 0 Å². The summed E-state index contributed by atoms with van der Waals surface area (Å²) in [6.07, 6.45) is 0. The van der Waals surface area contributed by atoms with Gasteiger partial charge in [0.25, 0.3) is 0 Å². The molecule has 2 atom stereocenters. The monoisotopic (exact) mass is 294 g/mol. The van der Waals surface area contributed by atoms with E-state index in [-0.39, 0.29) is 12.6 Å². The molecule has 2 unspecified atom stereocenters. The summed E-state index contributed by atoms with van der Waals surface area (Å²) >= 11 is 0. The Bertz CT molecular complexity index is 467. The van der Waals surface area contributed by atoms with Gasteiger partial charge in [-0.15, -0.1) is 0 Å². The first-order chi connectivity index (χ1) is 10.1. The molecule has 1 heterocycles. The van der Waals surface area contributed by atoms with Crippen LogP contribution in [-0.4, -0.2) is 68.5 Å². The zero-order valence-electron chi connectivity index (χ0n) is 13.4. The third kappa shape index (κ3) is 3.48. The fraction of sp³-hybridized carbons (Fsp3) is 0.625. The first kappa shape index (κ1) is 16.1. The highest BCUT2D eigenvalue weighted by atomic mass is 16.5. The first-order valence-electron chi connectivity index (χ1n) is 7.37. The highest BCUT2D eigenvalue weighted by Gasteiger charge is 2.28. The number of likely N-dealkylation sites (N-methyl/N-ethyl adjacent to an activating group) is 1. The Labute approximate surface area is 127 Å². The van der Waals surface area contributed by atoms with E-state index in [0.717, 1.165) is 36.7 Å². The molecule has 0 spiro atoms. The molecule has 2 rings (SSSR count). The molecular formula is C16H26N2O3. The lowest BCUT2D eigenvalue weighted by Crippen LogP contribution is -2.51. The van der Waals surface area contributed by atoms with Gasteiger partial charge in [0, 0.05) is 37.3 Å². The number of piperazine rings is 1. The lowest BCUT2D eigenvalue weighted by atomic mass is 10.0. The van der Waals surface area contributed by atoms with E-state index in [1.54, 1.807) is 14.2 Å². The Balaban J connectivity index is 2.24. The molecule has 0 bridgehead atoms. The lowest BCUT2D eigenvalue weighted by molar-refractivity contribution is 0.0454. The molecule has 1 fully saturated rings. The van der Waals surface area contributed by atoms with Crippen molar-refractivity contribution in [2.24, 2.45) is 0 Å². The van der Waals surface area contributed by atoms with E-state index in [2.05, 4.69) is 23.8 Å². The number of hydrogen-bond acceptors (Lipinski definition) is 5. The quantitative estimate of drug-likeness (QED) is 0.889. The molecule has 1 saturated heterocycles. The molecule has 1 aromatic carbocycles. The Morgan fingerprint density at radius 1 is 1.29 bits per heavy atom. The van der Waals surface area contributed by atoms with E-state index < -0.39 is 0 Å². The second-order valence-corrected chi connectivity index (χ2v) is 5.63. The Kier molecular flexibility index (Phi) is 5.45. The SMILES string of the molecule is COc1ccc(C(CO)N2CCN(C)C(C)C2)c(OC)c1. The van der Waals surface area contributed by atoms with Crippen molar-refractivity contribution in [1.82, 2.24) is 9.80 Å². The third-order valence-corrected chi connectivity index (χ3v) is 4.40. The number of benzene rings is 1. The van der Waals surface area contributed by atoms with Gasteiger partial charge in [-0.05, 0) is 26.1 Å². The Morgan fingerprint density at radius 2 is 2.05 bits per heavy atom. The average Bonchev–Trinajstić information content (AvgIpc) is 2.51. The lowest BCUT2D eigenvalue weighted by Gasteiger charge is -2.41. The molecule has 5 nitrogen and oxygen atoms in total. The Hall–Kier alpha value is -1.30.